The van der Waals surface area contributed by atoms with Gasteiger partial charge < -0.3 is 21.5 Å². The van der Waals surface area contributed by atoms with Gasteiger partial charge in [-0.15, -0.1) is 0 Å². The minimum absolute atomic E-state index is 0.512. The Kier molecular flexibility index (Phi) is 4.28. The fourth-order valence-corrected chi connectivity index (χ4v) is 1.04. The quantitative estimate of drug-likeness (QED) is 0.492. The number of nitrogens with one attached hydrogen (secondary N) is 1. The van der Waals surface area contributed by atoms with Crippen molar-refractivity contribution >= 4 is 11.7 Å². The second-order valence-corrected chi connectivity index (χ2v) is 3.06. The van der Waals surface area contributed by atoms with Crippen molar-refractivity contribution in [1.29, 1.82) is 0 Å². The molecule has 0 aliphatic heterocycles. The lowest BCUT2D eigenvalue weighted by atomic mass is 10.3. The maximum atomic E-state index is 10.3. The van der Waals surface area contributed by atoms with Crippen LogP contribution in [0.2, 0.25) is 0 Å². The molecule has 0 saturated heterocycles. The molecule has 82 valence electrons. The number of ether oxygens (including phenoxy) is 1. The molecule has 0 atom stereocenters. The molecule has 0 unspecified atom stereocenters. The van der Waals surface area contributed by atoms with Crippen LogP contribution in [0.1, 0.15) is 6.42 Å². The van der Waals surface area contributed by atoms with E-state index in [1.54, 1.807) is 24.3 Å². The Morgan fingerprint density at radius 2 is 2.00 bits per heavy atom. The van der Waals surface area contributed by atoms with E-state index in [0.29, 0.717) is 25.3 Å². The van der Waals surface area contributed by atoms with Gasteiger partial charge in [-0.05, 0) is 30.7 Å². The first-order valence-electron chi connectivity index (χ1n) is 4.70. The zero-order valence-corrected chi connectivity index (χ0v) is 8.40. The summed E-state index contributed by atoms with van der Waals surface area (Å²) in [6.45, 7) is 1.05. The van der Waals surface area contributed by atoms with Crippen molar-refractivity contribution in [3.05, 3.63) is 24.3 Å². The number of anilines is 1. The molecule has 15 heavy (non-hydrogen) atoms. The fraction of sp³-hybridized carbons (Fsp3) is 0.300. The molecule has 0 saturated carbocycles. The van der Waals surface area contributed by atoms with E-state index >= 15 is 0 Å². The van der Waals surface area contributed by atoms with E-state index in [1.807, 2.05) is 0 Å². The topological polar surface area (TPSA) is 90.4 Å². The molecule has 5 nitrogen and oxygen atoms in total. The maximum absolute atomic E-state index is 10.3. The summed E-state index contributed by atoms with van der Waals surface area (Å²) < 4.78 is 5.40. The van der Waals surface area contributed by atoms with E-state index in [2.05, 4.69) is 5.32 Å². The van der Waals surface area contributed by atoms with E-state index in [9.17, 15) is 4.79 Å². The Hall–Kier alpha value is -1.91. The molecule has 0 fully saturated rings. The SMILES string of the molecule is NC(=O)NCCCOc1ccc(N)cc1. The number of carbonyl (C=O) groups is 1. The number of nitrogen functional groups attached to an aromatic ring is 1. The molecule has 0 heterocycles. The third kappa shape index (κ3) is 4.75. The fourth-order valence-electron chi connectivity index (χ4n) is 1.04. The number of urea groups is 1. The van der Waals surface area contributed by atoms with Gasteiger partial charge in [-0.25, -0.2) is 4.79 Å². The highest BCUT2D eigenvalue weighted by atomic mass is 16.5. The van der Waals surface area contributed by atoms with Crippen LogP contribution in [-0.2, 0) is 0 Å². The van der Waals surface area contributed by atoms with E-state index in [1.165, 1.54) is 0 Å². The number of amides is 2. The Morgan fingerprint density at radius 3 is 2.60 bits per heavy atom. The van der Waals surface area contributed by atoms with Crippen LogP contribution in [0.5, 0.6) is 5.75 Å². The van der Waals surface area contributed by atoms with Gasteiger partial charge >= 0.3 is 6.03 Å². The molecule has 1 aromatic rings. The molecule has 0 radical (unpaired) electrons. The van der Waals surface area contributed by atoms with Crippen molar-refractivity contribution in [3.63, 3.8) is 0 Å². The highest BCUT2D eigenvalue weighted by molar-refractivity contribution is 5.71. The van der Waals surface area contributed by atoms with Crippen LogP contribution >= 0.6 is 0 Å². The van der Waals surface area contributed by atoms with Crippen LogP contribution in [0.3, 0.4) is 0 Å². The first-order chi connectivity index (χ1) is 7.18. The number of rotatable bonds is 5. The lowest BCUT2D eigenvalue weighted by Gasteiger charge is -2.06. The highest BCUT2D eigenvalue weighted by Gasteiger charge is 1.94. The van der Waals surface area contributed by atoms with E-state index in [4.69, 9.17) is 16.2 Å². The molecule has 0 aliphatic rings. The second kappa shape index (κ2) is 5.74. The van der Waals surface area contributed by atoms with Crippen LogP contribution in [-0.4, -0.2) is 19.2 Å². The van der Waals surface area contributed by atoms with Crippen molar-refractivity contribution < 1.29 is 9.53 Å². The molecule has 0 aromatic heterocycles. The molecule has 1 rings (SSSR count). The predicted molar refractivity (Wildman–Crippen MR) is 58.6 cm³/mol. The van der Waals surface area contributed by atoms with Gasteiger partial charge in [0.05, 0.1) is 6.61 Å². The summed E-state index contributed by atoms with van der Waals surface area (Å²) in [5, 5.41) is 2.48. The van der Waals surface area contributed by atoms with E-state index < -0.39 is 6.03 Å². The van der Waals surface area contributed by atoms with Crippen LogP contribution < -0.4 is 21.5 Å². The van der Waals surface area contributed by atoms with Gasteiger partial charge in [0.15, 0.2) is 0 Å². The summed E-state index contributed by atoms with van der Waals surface area (Å²) in [6, 6.07) is 6.64. The zero-order chi connectivity index (χ0) is 11.1. The monoisotopic (exact) mass is 209 g/mol. The average molecular weight is 209 g/mol. The van der Waals surface area contributed by atoms with E-state index in [-0.39, 0.29) is 0 Å². The van der Waals surface area contributed by atoms with Gasteiger partial charge in [-0.3, -0.25) is 0 Å². The molecule has 1 aromatic carbocycles. The van der Waals surface area contributed by atoms with Crippen molar-refractivity contribution in [2.45, 2.75) is 6.42 Å². The van der Waals surface area contributed by atoms with Gasteiger partial charge in [0.2, 0.25) is 0 Å². The standard InChI is InChI=1S/C10H15N3O2/c11-8-2-4-9(5-3-8)15-7-1-6-13-10(12)14/h2-5H,1,6-7,11H2,(H3,12,13,14). The number of nitrogens with two attached hydrogens (primary N) is 2. The van der Waals surface area contributed by atoms with Crippen molar-refractivity contribution in [2.24, 2.45) is 5.73 Å². The summed E-state index contributed by atoms with van der Waals surface area (Å²) in [5.74, 6) is 0.767. The minimum atomic E-state index is -0.512. The zero-order valence-electron chi connectivity index (χ0n) is 8.40. The first-order valence-corrected chi connectivity index (χ1v) is 4.70. The lowest BCUT2D eigenvalue weighted by molar-refractivity contribution is 0.247. The normalized spacial score (nSPS) is 9.60. The largest absolute Gasteiger partial charge is 0.494 e. The van der Waals surface area contributed by atoms with Gasteiger partial charge in [0.25, 0.3) is 0 Å². The summed E-state index contributed by atoms with van der Waals surface area (Å²) >= 11 is 0. The summed E-state index contributed by atoms with van der Waals surface area (Å²) in [4.78, 5) is 10.3. The highest BCUT2D eigenvalue weighted by Crippen LogP contribution is 2.12. The van der Waals surface area contributed by atoms with Crippen LogP contribution in [0.25, 0.3) is 0 Å². The molecule has 0 aliphatic carbocycles. The predicted octanol–water partition coefficient (Wildman–Crippen LogP) is 0.706. The maximum Gasteiger partial charge on any atom is 0.312 e. The molecule has 5 N–H and O–H groups in total. The van der Waals surface area contributed by atoms with Crippen LogP contribution in [0.4, 0.5) is 10.5 Å². The summed E-state index contributed by atoms with van der Waals surface area (Å²) in [6.07, 6.45) is 0.716. The van der Waals surface area contributed by atoms with Crippen LogP contribution in [0.15, 0.2) is 24.3 Å². The average Bonchev–Trinajstić information content (AvgIpc) is 2.20. The van der Waals surface area contributed by atoms with Crippen molar-refractivity contribution in [2.75, 3.05) is 18.9 Å². The third-order valence-corrected chi connectivity index (χ3v) is 1.77. The second-order valence-electron chi connectivity index (χ2n) is 3.06. The van der Waals surface area contributed by atoms with Crippen LogP contribution in [0, 0.1) is 0 Å². The summed E-state index contributed by atoms with van der Waals surface area (Å²) in [5.41, 5.74) is 11.1. The van der Waals surface area contributed by atoms with Gasteiger partial charge in [-0.1, -0.05) is 0 Å². The number of benzene rings is 1. The number of primary amides is 1. The van der Waals surface area contributed by atoms with Crippen molar-refractivity contribution in [1.82, 2.24) is 5.32 Å². The van der Waals surface area contributed by atoms with E-state index in [0.717, 1.165) is 5.75 Å². The van der Waals surface area contributed by atoms with Gasteiger partial charge in [0.1, 0.15) is 5.75 Å². The van der Waals surface area contributed by atoms with Gasteiger partial charge in [-0.2, -0.15) is 0 Å². The van der Waals surface area contributed by atoms with Crippen molar-refractivity contribution in [3.8, 4) is 5.75 Å². The Labute approximate surface area is 88.4 Å². The Balaban J connectivity index is 2.15. The molecule has 5 heteroatoms. The molecular weight excluding hydrogens is 194 g/mol. The Bertz CT molecular complexity index is 311. The number of hydrogen-bond donors (Lipinski definition) is 3. The number of carbonyl (C=O) groups excluding carboxylic acids is 1. The Morgan fingerprint density at radius 1 is 1.33 bits per heavy atom. The molecule has 0 spiro atoms. The molecule has 0 bridgehead atoms. The smallest absolute Gasteiger partial charge is 0.312 e. The van der Waals surface area contributed by atoms with Gasteiger partial charge in [0, 0.05) is 12.2 Å². The third-order valence-electron chi connectivity index (χ3n) is 1.77. The molecule has 2 amide bonds. The molecular formula is C10H15N3O2. The summed E-state index contributed by atoms with van der Waals surface area (Å²) in [7, 11) is 0. The minimum Gasteiger partial charge on any atom is -0.494 e. The first kappa shape index (κ1) is 11.2. The number of hydrogen-bond acceptors (Lipinski definition) is 3. The lowest BCUT2D eigenvalue weighted by Crippen LogP contribution is -2.30.